The Balaban J connectivity index is 2.28. The van der Waals surface area contributed by atoms with Crippen LogP contribution in [0.5, 0.6) is 0 Å². The van der Waals surface area contributed by atoms with Crippen LogP contribution < -0.4 is 11.1 Å². The highest BCUT2D eigenvalue weighted by atomic mass is 16.4. The monoisotopic (exact) mass is 285 g/mol. The molecule has 0 spiro atoms. The highest BCUT2D eigenvalue weighted by Gasteiger charge is 2.14. The Hall–Kier alpha value is -3.22. The van der Waals surface area contributed by atoms with Crippen LogP contribution in [0.15, 0.2) is 42.7 Å². The second-order valence-electron chi connectivity index (χ2n) is 4.13. The summed E-state index contributed by atoms with van der Waals surface area (Å²) in [4.78, 5) is 38.0. The Morgan fingerprint density at radius 2 is 1.86 bits per heavy atom. The van der Waals surface area contributed by atoms with E-state index in [1.807, 2.05) is 0 Å². The summed E-state index contributed by atoms with van der Waals surface area (Å²) in [6, 6.07) is 7.08. The van der Waals surface area contributed by atoms with E-state index in [0.717, 1.165) is 0 Å². The number of pyridine rings is 1. The van der Waals surface area contributed by atoms with E-state index in [1.165, 1.54) is 42.7 Å². The van der Waals surface area contributed by atoms with Crippen LogP contribution in [-0.4, -0.2) is 27.9 Å². The number of carbonyl (C=O) groups is 3. The van der Waals surface area contributed by atoms with E-state index < -0.39 is 17.8 Å². The summed E-state index contributed by atoms with van der Waals surface area (Å²) < 4.78 is 0. The molecular formula is C14H11N3O4. The number of primary amides is 1. The number of hydrogen-bond acceptors (Lipinski definition) is 4. The summed E-state index contributed by atoms with van der Waals surface area (Å²) in [5.74, 6) is -2.40. The van der Waals surface area contributed by atoms with Crippen molar-refractivity contribution in [3.63, 3.8) is 0 Å². The molecule has 0 aliphatic heterocycles. The van der Waals surface area contributed by atoms with Crippen LogP contribution in [0.4, 0.5) is 5.69 Å². The molecule has 0 saturated carbocycles. The topological polar surface area (TPSA) is 122 Å². The Labute approximate surface area is 119 Å². The highest BCUT2D eigenvalue weighted by Crippen LogP contribution is 2.15. The molecule has 21 heavy (non-hydrogen) atoms. The largest absolute Gasteiger partial charge is 0.478 e. The maximum absolute atomic E-state index is 12.1. The maximum atomic E-state index is 12.1. The lowest BCUT2D eigenvalue weighted by atomic mass is 10.1. The first kappa shape index (κ1) is 14.2. The standard InChI is InChI=1S/C14H11N3O4/c15-12(18)8-2-1-3-9(6-8)13(19)17-11-7-16-5-4-10(11)14(20)21/h1-7H,(H2,15,18)(H,17,19)(H,20,21). The van der Waals surface area contributed by atoms with Crippen molar-refractivity contribution in [3.8, 4) is 0 Å². The lowest BCUT2D eigenvalue weighted by Gasteiger charge is -2.08. The first-order valence-corrected chi connectivity index (χ1v) is 5.87. The number of rotatable bonds is 4. The third-order valence-electron chi connectivity index (χ3n) is 2.71. The van der Waals surface area contributed by atoms with E-state index in [1.54, 1.807) is 0 Å². The summed E-state index contributed by atoms with van der Waals surface area (Å²) in [6.45, 7) is 0. The van der Waals surface area contributed by atoms with Crippen molar-refractivity contribution >= 4 is 23.5 Å². The van der Waals surface area contributed by atoms with Crippen molar-refractivity contribution < 1.29 is 19.5 Å². The highest BCUT2D eigenvalue weighted by molar-refractivity contribution is 6.08. The van der Waals surface area contributed by atoms with Gasteiger partial charge >= 0.3 is 5.97 Å². The van der Waals surface area contributed by atoms with Gasteiger partial charge in [0, 0.05) is 17.3 Å². The molecule has 0 atom stereocenters. The number of carbonyl (C=O) groups excluding carboxylic acids is 2. The van der Waals surface area contributed by atoms with Gasteiger partial charge in [-0.15, -0.1) is 0 Å². The minimum Gasteiger partial charge on any atom is -0.478 e. The molecule has 0 saturated heterocycles. The van der Waals surface area contributed by atoms with Gasteiger partial charge in [-0.2, -0.15) is 0 Å². The molecule has 0 aliphatic carbocycles. The Bertz CT molecular complexity index is 728. The molecule has 1 heterocycles. The average molecular weight is 285 g/mol. The van der Waals surface area contributed by atoms with Crippen molar-refractivity contribution in [2.75, 3.05) is 5.32 Å². The van der Waals surface area contributed by atoms with Crippen LogP contribution in [0.1, 0.15) is 31.1 Å². The van der Waals surface area contributed by atoms with Crippen LogP contribution in [0, 0.1) is 0 Å². The number of nitrogens with one attached hydrogen (secondary N) is 1. The Kier molecular flexibility index (Phi) is 3.94. The number of carboxylic acids is 1. The van der Waals surface area contributed by atoms with Gasteiger partial charge in [0.25, 0.3) is 5.91 Å². The third-order valence-corrected chi connectivity index (χ3v) is 2.71. The first-order chi connectivity index (χ1) is 9.99. The molecule has 1 aromatic carbocycles. The number of carboxylic acid groups (broad SMARTS) is 1. The normalized spacial score (nSPS) is 9.90. The Morgan fingerprint density at radius 3 is 2.52 bits per heavy atom. The number of benzene rings is 1. The van der Waals surface area contributed by atoms with Crippen LogP contribution in [-0.2, 0) is 0 Å². The number of hydrogen-bond donors (Lipinski definition) is 3. The zero-order valence-electron chi connectivity index (χ0n) is 10.7. The zero-order chi connectivity index (χ0) is 15.4. The molecule has 7 nitrogen and oxygen atoms in total. The number of aromatic carboxylic acids is 1. The van der Waals surface area contributed by atoms with Crippen LogP contribution in [0.2, 0.25) is 0 Å². The number of nitrogens with zero attached hydrogens (tertiary/aromatic N) is 1. The maximum Gasteiger partial charge on any atom is 0.337 e. The van der Waals surface area contributed by atoms with Gasteiger partial charge in [-0.05, 0) is 24.3 Å². The average Bonchev–Trinajstić information content (AvgIpc) is 2.47. The second kappa shape index (κ2) is 5.83. The van der Waals surface area contributed by atoms with E-state index in [4.69, 9.17) is 10.8 Å². The van der Waals surface area contributed by atoms with Gasteiger partial charge in [-0.25, -0.2) is 4.79 Å². The molecule has 0 fully saturated rings. The van der Waals surface area contributed by atoms with Crippen molar-refractivity contribution in [1.82, 2.24) is 4.98 Å². The fraction of sp³-hybridized carbons (Fsp3) is 0. The minimum atomic E-state index is -1.18. The molecule has 2 amide bonds. The number of nitrogens with two attached hydrogens (primary N) is 1. The van der Waals surface area contributed by atoms with E-state index in [-0.39, 0.29) is 22.4 Å². The molecule has 0 unspecified atom stereocenters. The van der Waals surface area contributed by atoms with Gasteiger partial charge in [-0.1, -0.05) is 6.07 Å². The third kappa shape index (κ3) is 3.21. The predicted molar refractivity (Wildman–Crippen MR) is 74.1 cm³/mol. The molecule has 4 N–H and O–H groups in total. The molecular weight excluding hydrogens is 274 g/mol. The van der Waals surface area contributed by atoms with Gasteiger partial charge in [0.05, 0.1) is 17.4 Å². The van der Waals surface area contributed by atoms with Crippen molar-refractivity contribution in [2.45, 2.75) is 0 Å². The predicted octanol–water partition coefficient (Wildman–Crippen LogP) is 1.13. The summed E-state index contributed by atoms with van der Waals surface area (Å²) in [5, 5.41) is 11.5. The fourth-order valence-electron chi connectivity index (χ4n) is 1.69. The van der Waals surface area contributed by atoms with Crippen LogP contribution in [0.25, 0.3) is 0 Å². The zero-order valence-corrected chi connectivity index (χ0v) is 10.7. The lowest BCUT2D eigenvalue weighted by molar-refractivity contribution is 0.0697. The fourth-order valence-corrected chi connectivity index (χ4v) is 1.69. The van der Waals surface area contributed by atoms with E-state index in [2.05, 4.69) is 10.3 Å². The van der Waals surface area contributed by atoms with E-state index >= 15 is 0 Å². The van der Waals surface area contributed by atoms with Gasteiger partial charge in [0.2, 0.25) is 5.91 Å². The van der Waals surface area contributed by atoms with Gasteiger partial charge in [0.1, 0.15) is 0 Å². The van der Waals surface area contributed by atoms with Crippen molar-refractivity contribution in [3.05, 3.63) is 59.4 Å². The molecule has 1 aromatic heterocycles. The number of amides is 2. The van der Waals surface area contributed by atoms with E-state index in [0.29, 0.717) is 0 Å². The molecule has 7 heteroatoms. The lowest BCUT2D eigenvalue weighted by Crippen LogP contribution is -2.17. The molecule has 0 radical (unpaired) electrons. The van der Waals surface area contributed by atoms with Gasteiger partial charge in [-0.3, -0.25) is 14.6 Å². The summed E-state index contributed by atoms with van der Waals surface area (Å²) in [5.41, 5.74) is 5.50. The first-order valence-electron chi connectivity index (χ1n) is 5.87. The molecule has 0 aliphatic rings. The summed E-state index contributed by atoms with van der Waals surface area (Å²) in [6.07, 6.45) is 2.55. The minimum absolute atomic E-state index is 0.0690. The molecule has 106 valence electrons. The van der Waals surface area contributed by atoms with Crippen LogP contribution in [0.3, 0.4) is 0 Å². The van der Waals surface area contributed by atoms with Crippen molar-refractivity contribution in [2.24, 2.45) is 5.73 Å². The molecule has 0 bridgehead atoms. The van der Waals surface area contributed by atoms with Crippen molar-refractivity contribution in [1.29, 1.82) is 0 Å². The smallest absolute Gasteiger partial charge is 0.337 e. The second-order valence-corrected chi connectivity index (χ2v) is 4.13. The molecule has 2 aromatic rings. The SMILES string of the molecule is NC(=O)c1cccc(C(=O)Nc2cnccc2C(=O)O)c1. The quantitative estimate of drug-likeness (QED) is 0.777. The summed E-state index contributed by atoms with van der Waals surface area (Å²) >= 11 is 0. The molecule has 2 rings (SSSR count). The number of anilines is 1. The van der Waals surface area contributed by atoms with Crippen LogP contribution >= 0.6 is 0 Å². The summed E-state index contributed by atoms with van der Waals surface area (Å²) in [7, 11) is 0. The van der Waals surface area contributed by atoms with E-state index in [9.17, 15) is 14.4 Å². The van der Waals surface area contributed by atoms with Gasteiger partial charge < -0.3 is 16.2 Å². The van der Waals surface area contributed by atoms with Gasteiger partial charge in [0.15, 0.2) is 0 Å². The Morgan fingerprint density at radius 1 is 1.14 bits per heavy atom. The number of aromatic nitrogens is 1.